The molecule has 1 fully saturated rings. The van der Waals surface area contributed by atoms with Crippen LogP contribution < -0.4 is 4.90 Å². The molecule has 6 nitrogen and oxygen atoms in total. The van der Waals surface area contributed by atoms with E-state index in [9.17, 15) is 13.2 Å². The molecule has 0 aromatic heterocycles. The van der Waals surface area contributed by atoms with E-state index in [0.717, 1.165) is 5.69 Å². The number of nitriles is 1. The summed E-state index contributed by atoms with van der Waals surface area (Å²) in [6.45, 7) is 3.40. The summed E-state index contributed by atoms with van der Waals surface area (Å²) < 4.78 is 27.0. The maximum atomic E-state index is 12.8. The first-order chi connectivity index (χ1) is 12.4. The van der Waals surface area contributed by atoms with Crippen molar-refractivity contribution in [2.75, 3.05) is 31.1 Å². The van der Waals surface area contributed by atoms with Crippen LogP contribution >= 0.6 is 0 Å². The van der Waals surface area contributed by atoms with E-state index in [2.05, 4.69) is 4.90 Å². The minimum absolute atomic E-state index is 0.0204. The van der Waals surface area contributed by atoms with Crippen LogP contribution in [-0.2, 0) is 10.0 Å². The zero-order valence-corrected chi connectivity index (χ0v) is 15.2. The first-order valence-corrected chi connectivity index (χ1v) is 9.72. The maximum absolute atomic E-state index is 12.8. The number of hydrogen-bond donors (Lipinski definition) is 0. The number of rotatable bonds is 4. The smallest absolute Gasteiger partial charge is 0.243 e. The van der Waals surface area contributed by atoms with Crippen molar-refractivity contribution in [3.05, 3.63) is 59.7 Å². The van der Waals surface area contributed by atoms with Crippen LogP contribution in [0.4, 0.5) is 5.69 Å². The quantitative estimate of drug-likeness (QED) is 0.772. The van der Waals surface area contributed by atoms with Crippen LogP contribution in [-0.4, -0.2) is 44.7 Å². The van der Waals surface area contributed by atoms with Crippen molar-refractivity contribution >= 4 is 21.5 Å². The first-order valence-electron chi connectivity index (χ1n) is 8.28. The Morgan fingerprint density at radius 1 is 1.04 bits per heavy atom. The van der Waals surface area contributed by atoms with Gasteiger partial charge in [0.1, 0.15) is 0 Å². The second-order valence-corrected chi connectivity index (χ2v) is 8.07. The third-order valence-electron chi connectivity index (χ3n) is 4.48. The normalized spacial score (nSPS) is 15.5. The largest absolute Gasteiger partial charge is 0.369 e. The predicted octanol–water partition coefficient (Wildman–Crippen LogP) is 2.27. The van der Waals surface area contributed by atoms with E-state index in [1.165, 1.54) is 23.4 Å². The zero-order chi connectivity index (χ0) is 18.7. The summed E-state index contributed by atoms with van der Waals surface area (Å²) >= 11 is 0. The van der Waals surface area contributed by atoms with Gasteiger partial charge in [0.05, 0.1) is 16.5 Å². The fraction of sp³-hybridized carbons (Fsp3) is 0.263. The molecule has 2 aromatic carbocycles. The number of carbonyl (C=O) groups excluding carboxylic acids is 1. The van der Waals surface area contributed by atoms with Gasteiger partial charge in [-0.1, -0.05) is 6.07 Å². The Morgan fingerprint density at radius 3 is 2.27 bits per heavy atom. The highest BCUT2D eigenvalue weighted by Crippen LogP contribution is 2.22. The van der Waals surface area contributed by atoms with Gasteiger partial charge in [-0.15, -0.1) is 0 Å². The molecular weight excluding hydrogens is 350 g/mol. The summed E-state index contributed by atoms with van der Waals surface area (Å²) in [6.07, 6.45) is 0. The molecule has 2 aromatic rings. The van der Waals surface area contributed by atoms with Crippen LogP contribution in [0.1, 0.15) is 22.8 Å². The molecule has 0 spiro atoms. The minimum atomic E-state index is -3.61. The number of hydrogen-bond acceptors (Lipinski definition) is 5. The zero-order valence-electron chi connectivity index (χ0n) is 14.4. The number of piperazine rings is 1. The third-order valence-corrected chi connectivity index (χ3v) is 6.37. The fourth-order valence-corrected chi connectivity index (χ4v) is 4.44. The van der Waals surface area contributed by atoms with Gasteiger partial charge < -0.3 is 4.90 Å². The number of Topliss-reactive ketones (excluding diaryl/α,β-unsaturated/α-hetero) is 1. The van der Waals surface area contributed by atoms with Crippen molar-refractivity contribution < 1.29 is 13.2 Å². The molecular formula is C19H19N3O3S. The van der Waals surface area contributed by atoms with Crippen molar-refractivity contribution in [2.24, 2.45) is 0 Å². The molecule has 134 valence electrons. The van der Waals surface area contributed by atoms with Crippen LogP contribution in [0.2, 0.25) is 0 Å². The number of nitrogens with zero attached hydrogens (tertiary/aromatic N) is 3. The molecule has 0 saturated carbocycles. The van der Waals surface area contributed by atoms with Crippen molar-refractivity contribution in [3.63, 3.8) is 0 Å². The van der Waals surface area contributed by atoms with Crippen molar-refractivity contribution in [1.29, 1.82) is 5.26 Å². The molecule has 3 rings (SSSR count). The summed E-state index contributed by atoms with van der Waals surface area (Å²) in [5.74, 6) is 0.0204. The van der Waals surface area contributed by atoms with Crippen LogP contribution in [0.25, 0.3) is 0 Å². The minimum Gasteiger partial charge on any atom is -0.369 e. The molecule has 1 aliphatic heterocycles. The van der Waals surface area contributed by atoms with E-state index in [1.54, 1.807) is 24.3 Å². The lowest BCUT2D eigenvalue weighted by Crippen LogP contribution is -2.48. The first kappa shape index (κ1) is 18.1. The third kappa shape index (κ3) is 3.62. The van der Waals surface area contributed by atoms with Gasteiger partial charge in [-0.05, 0) is 49.4 Å². The van der Waals surface area contributed by atoms with Gasteiger partial charge in [-0.2, -0.15) is 9.57 Å². The van der Waals surface area contributed by atoms with Crippen LogP contribution in [0.15, 0.2) is 53.4 Å². The number of benzene rings is 2. The van der Waals surface area contributed by atoms with Gasteiger partial charge in [0, 0.05) is 37.4 Å². The molecule has 0 amide bonds. The number of ketones is 1. The van der Waals surface area contributed by atoms with Gasteiger partial charge in [-0.3, -0.25) is 4.79 Å². The Bertz CT molecular complexity index is 954. The Labute approximate surface area is 153 Å². The van der Waals surface area contributed by atoms with Crippen LogP contribution in [0.3, 0.4) is 0 Å². The highest BCUT2D eigenvalue weighted by molar-refractivity contribution is 7.89. The van der Waals surface area contributed by atoms with E-state index in [-0.39, 0.29) is 10.7 Å². The van der Waals surface area contributed by atoms with Gasteiger partial charge in [0.15, 0.2) is 5.78 Å². The Balaban J connectivity index is 1.71. The topological polar surface area (TPSA) is 81.5 Å². The van der Waals surface area contributed by atoms with Gasteiger partial charge in [0.2, 0.25) is 10.0 Å². The highest BCUT2D eigenvalue weighted by Gasteiger charge is 2.28. The van der Waals surface area contributed by atoms with Crippen molar-refractivity contribution in [1.82, 2.24) is 4.31 Å². The summed E-state index contributed by atoms with van der Waals surface area (Å²) in [5.41, 5.74) is 1.96. The molecule has 7 heteroatoms. The SMILES string of the molecule is CC(=O)c1ccc(N2CCN(S(=O)(=O)c3cccc(C#N)c3)CC2)cc1. The molecule has 0 unspecified atom stereocenters. The molecule has 1 aliphatic rings. The lowest BCUT2D eigenvalue weighted by molar-refractivity contribution is 0.101. The summed E-state index contributed by atoms with van der Waals surface area (Å²) in [4.78, 5) is 13.6. The average molecular weight is 369 g/mol. The molecule has 0 N–H and O–H groups in total. The maximum Gasteiger partial charge on any atom is 0.243 e. The van der Waals surface area contributed by atoms with Crippen LogP contribution in [0, 0.1) is 11.3 Å². The molecule has 0 bridgehead atoms. The second-order valence-electron chi connectivity index (χ2n) is 6.13. The van der Waals surface area contributed by atoms with E-state index in [0.29, 0.717) is 37.3 Å². The lowest BCUT2D eigenvalue weighted by atomic mass is 10.1. The predicted molar refractivity (Wildman–Crippen MR) is 98.6 cm³/mol. The Morgan fingerprint density at radius 2 is 1.69 bits per heavy atom. The molecule has 0 aliphatic carbocycles. The summed E-state index contributed by atoms with van der Waals surface area (Å²) in [6, 6.07) is 15.4. The van der Waals surface area contributed by atoms with Gasteiger partial charge in [-0.25, -0.2) is 8.42 Å². The number of anilines is 1. The molecule has 1 heterocycles. The lowest BCUT2D eigenvalue weighted by Gasteiger charge is -2.35. The second kappa shape index (κ2) is 7.28. The molecule has 0 atom stereocenters. The van der Waals surface area contributed by atoms with E-state index in [4.69, 9.17) is 5.26 Å². The van der Waals surface area contributed by atoms with Crippen molar-refractivity contribution in [3.8, 4) is 6.07 Å². The number of carbonyl (C=O) groups is 1. The highest BCUT2D eigenvalue weighted by atomic mass is 32.2. The van der Waals surface area contributed by atoms with Crippen LogP contribution in [0.5, 0.6) is 0 Å². The van der Waals surface area contributed by atoms with Gasteiger partial charge in [0.25, 0.3) is 0 Å². The average Bonchev–Trinajstić information content (AvgIpc) is 2.68. The Kier molecular flexibility index (Phi) is 5.07. The Hall–Kier alpha value is -2.69. The van der Waals surface area contributed by atoms with E-state index < -0.39 is 10.0 Å². The summed E-state index contributed by atoms with van der Waals surface area (Å²) in [5, 5.41) is 8.97. The van der Waals surface area contributed by atoms with Crippen molar-refractivity contribution in [2.45, 2.75) is 11.8 Å². The monoisotopic (exact) mass is 369 g/mol. The summed E-state index contributed by atoms with van der Waals surface area (Å²) in [7, 11) is -3.61. The fourth-order valence-electron chi connectivity index (χ4n) is 2.97. The molecule has 0 radical (unpaired) electrons. The van der Waals surface area contributed by atoms with E-state index >= 15 is 0 Å². The van der Waals surface area contributed by atoms with E-state index in [1.807, 2.05) is 18.2 Å². The number of sulfonamides is 1. The molecule has 1 saturated heterocycles. The molecule has 26 heavy (non-hydrogen) atoms. The van der Waals surface area contributed by atoms with Gasteiger partial charge >= 0.3 is 0 Å². The standard InChI is InChI=1S/C19H19N3O3S/c1-15(23)17-5-7-18(8-6-17)21-9-11-22(12-10-21)26(24,25)19-4-2-3-16(13-19)14-20/h2-8,13H,9-12H2,1H3.